The van der Waals surface area contributed by atoms with Crippen molar-refractivity contribution >= 4 is 5.97 Å². The molecule has 2 aliphatic rings. The predicted octanol–water partition coefficient (Wildman–Crippen LogP) is 2.13. The monoisotopic (exact) mass is 319 g/mol. The highest BCUT2D eigenvalue weighted by Crippen LogP contribution is 2.47. The van der Waals surface area contributed by atoms with E-state index in [9.17, 15) is 9.90 Å². The number of piperidine rings is 1. The van der Waals surface area contributed by atoms with Crippen molar-refractivity contribution in [2.45, 2.75) is 38.3 Å². The predicted molar refractivity (Wildman–Crippen MR) is 86.3 cm³/mol. The van der Waals surface area contributed by atoms with Crippen LogP contribution in [-0.4, -0.2) is 46.4 Å². The summed E-state index contributed by atoms with van der Waals surface area (Å²) in [6, 6.07) is 7.58. The number of likely N-dealkylation sites (tertiary alicyclic amines) is 1. The molecule has 1 aromatic rings. The van der Waals surface area contributed by atoms with E-state index < -0.39 is 11.6 Å². The first-order chi connectivity index (χ1) is 11.0. The first-order valence-corrected chi connectivity index (χ1v) is 8.36. The Morgan fingerprint density at radius 2 is 2.13 bits per heavy atom. The number of carboxylic acids is 1. The van der Waals surface area contributed by atoms with Crippen LogP contribution >= 0.6 is 0 Å². The first-order valence-electron chi connectivity index (χ1n) is 8.36. The Morgan fingerprint density at radius 1 is 1.39 bits per heavy atom. The SMILES string of the molecule is C[C@H]1CN(Cc2ccccc2OCC(=O)O)CC[C@]1(O)C1CC1. The maximum Gasteiger partial charge on any atom is 0.341 e. The highest BCUT2D eigenvalue weighted by molar-refractivity contribution is 5.68. The molecular formula is C18H25NO4. The first kappa shape index (κ1) is 16.3. The van der Waals surface area contributed by atoms with Gasteiger partial charge in [-0.1, -0.05) is 25.1 Å². The van der Waals surface area contributed by atoms with Crippen molar-refractivity contribution in [3.8, 4) is 5.75 Å². The minimum absolute atomic E-state index is 0.260. The number of hydrogen-bond acceptors (Lipinski definition) is 4. The molecule has 0 amide bonds. The average molecular weight is 319 g/mol. The van der Waals surface area contributed by atoms with E-state index in [0.29, 0.717) is 11.7 Å². The molecule has 0 bridgehead atoms. The van der Waals surface area contributed by atoms with E-state index in [0.717, 1.165) is 44.5 Å². The quantitative estimate of drug-likeness (QED) is 0.840. The number of aliphatic carboxylic acids is 1. The van der Waals surface area contributed by atoms with Crippen molar-refractivity contribution in [3.05, 3.63) is 29.8 Å². The Labute approximate surface area is 136 Å². The number of carbonyl (C=O) groups is 1. The van der Waals surface area contributed by atoms with E-state index in [1.54, 1.807) is 0 Å². The van der Waals surface area contributed by atoms with Gasteiger partial charge in [-0.25, -0.2) is 4.79 Å². The molecule has 126 valence electrons. The molecule has 1 aromatic carbocycles. The lowest BCUT2D eigenvalue weighted by atomic mass is 9.78. The van der Waals surface area contributed by atoms with E-state index >= 15 is 0 Å². The smallest absolute Gasteiger partial charge is 0.341 e. The Hall–Kier alpha value is -1.59. The fourth-order valence-electron chi connectivity index (χ4n) is 3.71. The van der Waals surface area contributed by atoms with Crippen LogP contribution in [0, 0.1) is 11.8 Å². The van der Waals surface area contributed by atoms with Crippen molar-refractivity contribution < 1.29 is 19.7 Å². The summed E-state index contributed by atoms with van der Waals surface area (Å²) in [6.45, 7) is 4.26. The second-order valence-corrected chi connectivity index (χ2v) is 6.94. The maximum absolute atomic E-state index is 10.8. The Bertz CT molecular complexity index is 572. The number of ether oxygens (including phenoxy) is 1. The van der Waals surface area contributed by atoms with Crippen LogP contribution in [0.1, 0.15) is 31.7 Å². The molecule has 2 fully saturated rings. The highest BCUT2D eigenvalue weighted by atomic mass is 16.5. The molecule has 1 heterocycles. The zero-order valence-electron chi connectivity index (χ0n) is 13.6. The van der Waals surface area contributed by atoms with Crippen molar-refractivity contribution in [3.63, 3.8) is 0 Å². The number of para-hydroxylation sites is 1. The summed E-state index contributed by atoms with van der Waals surface area (Å²) in [4.78, 5) is 13.0. The van der Waals surface area contributed by atoms with Crippen LogP contribution in [-0.2, 0) is 11.3 Å². The van der Waals surface area contributed by atoms with Gasteiger partial charge in [0, 0.05) is 25.2 Å². The molecule has 3 rings (SSSR count). The summed E-state index contributed by atoms with van der Waals surface area (Å²) in [7, 11) is 0. The molecule has 1 saturated heterocycles. The summed E-state index contributed by atoms with van der Waals surface area (Å²) in [5, 5.41) is 19.6. The molecule has 0 radical (unpaired) electrons. The summed E-state index contributed by atoms with van der Waals surface area (Å²) in [5.41, 5.74) is 0.508. The molecule has 0 spiro atoms. The average Bonchev–Trinajstić information content (AvgIpc) is 3.35. The van der Waals surface area contributed by atoms with E-state index in [1.807, 2.05) is 24.3 Å². The Morgan fingerprint density at radius 3 is 2.78 bits per heavy atom. The summed E-state index contributed by atoms with van der Waals surface area (Å²) < 4.78 is 5.38. The second kappa shape index (κ2) is 6.49. The normalized spacial score (nSPS) is 28.5. The van der Waals surface area contributed by atoms with Gasteiger partial charge in [0.15, 0.2) is 6.61 Å². The lowest BCUT2D eigenvalue weighted by molar-refractivity contribution is -0.139. The number of benzene rings is 1. The molecule has 0 unspecified atom stereocenters. The number of aliphatic hydroxyl groups is 1. The minimum Gasteiger partial charge on any atom is -0.482 e. The summed E-state index contributed by atoms with van der Waals surface area (Å²) >= 11 is 0. The van der Waals surface area contributed by atoms with Crippen molar-refractivity contribution in [2.24, 2.45) is 11.8 Å². The van der Waals surface area contributed by atoms with E-state index in [4.69, 9.17) is 9.84 Å². The van der Waals surface area contributed by atoms with Crippen LogP contribution in [0.25, 0.3) is 0 Å². The molecule has 2 N–H and O–H groups in total. The molecule has 1 aliphatic heterocycles. The van der Waals surface area contributed by atoms with E-state index in [1.165, 1.54) is 0 Å². The largest absolute Gasteiger partial charge is 0.482 e. The van der Waals surface area contributed by atoms with Crippen LogP contribution in [0.4, 0.5) is 0 Å². The fourth-order valence-corrected chi connectivity index (χ4v) is 3.71. The van der Waals surface area contributed by atoms with Gasteiger partial charge in [-0.2, -0.15) is 0 Å². The Kier molecular flexibility index (Phi) is 4.60. The van der Waals surface area contributed by atoms with Gasteiger partial charge in [0.1, 0.15) is 5.75 Å². The third-order valence-electron chi connectivity index (χ3n) is 5.22. The van der Waals surface area contributed by atoms with Gasteiger partial charge in [-0.15, -0.1) is 0 Å². The third kappa shape index (κ3) is 3.67. The van der Waals surface area contributed by atoms with Crippen molar-refractivity contribution in [1.29, 1.82) is 0 Å². The van der Waals surface area contributed by atoms with Gasteiger partial charge in [0.2, 0.25) is 0 Å². The minimum atomic E-state index is -0.971. The zero-order valence-corrected chi connectivity index (χ0v) is 13.6. The standard InChI is InChI=1S/C18H25NO4/c1-13-10-19(9-8-18(13,22)15-6-7-15)11-14-4-2-3-5-16(14)23-12-17(20)21/h2-5,13,15,22H,6-12H2,1H3,(H,20,21)/t13-,18+/m0/s1. The van der Waals surface area contributed by atoms with Gasteiger partial charge in [0.05, 0.1) is 5.60 Å². The van der Waals surface area contributed by atoms with Crippen LogP contribution in [0.15, 0.2) is 24.3 Å². The van der Waals surface area contributed by atoms with Crippen molar-refractivity contribution in [2.75, 3.05) is 19.7 Å². The lowest BCUT2D eigenvalue weighted by Crippen LogP contribution is -2.51. The maximum atomic E-state index is 10.8. The van der Waals surface area contributed by atoms with Crippen LogP contribution in [0.5, 0.6) is 5.75 Å². The number of hydrogen-bond donors (Lipinski definition) is 2. The molecule has 0 aromatic heterocycles. The molecule has 5 nitrogen and oxygen atoms in total. The molecule has 5 heteroatoms. The number of carboxylic acid groups (broad SMARTS) is 1. The topological polar surface area (TPSA) is 70.0 Å². The van der Waals surface area contributed by atoms with E-state index in [2.05, 4.69) is 11.8 Å². The van der Waals surface area contributed by atoms with Gasteiger partial charge in [-0.05, 0) is 37.2 Å². The van der Waals surface area contributed by atoms with Gasteiger partial charge in [0.25, 0.3) is 0 Å². The van der Waals surface area contributed by atoms with Gasteiger partial charge >= 0.3 is 5.97 Å². The number of rotatable bonds is 6. The van der Waals surface area contributed by atoms with Gasteiger partial charge in [-0.3, -0.25) is 4.90 Å². The van der Waals surface area contributed by atoms with Gasteiger partial charge < -0.3 is 14.9 Å². The number of nitrogens with zero attached hydrogens (tertiary/aromatic N) is 1. The fraction of sp³-hybridized carbons (Fsp3) is 0.611. The van der Waals surface area contributed by atoms with Crippen LogP contribution < -0.4 is 4.74 Å². The zero-order chi connectivity index (χ0) is 16.4. The summed E-state index contributed by atoms with van der Waals surface area (Å²) in [6.07, 6.45) is 3.14. The molecule has 1 saturated carbocycles. The second-order valence-electron chi connectivity index (χ2n) is 6.94. The van der Waals surface area contributed by atoms with E-state index in [-0.39, 0.29) is 12.5 Å². The molecule has 2 atom stereocenters. The van der Waals surface area contributed by atoms with Crippen molar-refractivity contribution in [1.82, 2.24) is 4.90 Å². The summed E-state index contributed by atoms with van der Waals surface area (Å²) in [5.74, 6) is 0.410. The molecule has 1 aliphatic carbocycles. The van der Waals surface area contributed by atoms with Crippen LogP contribution in [0.2, 0.25) is 0 Å². The molecule has 23 heavy (non-hydrogen) atoms. The Balaban J connectivity index is 1.63. The van der Waals surface area contributed by atoms with Crippen LogP contribution in [0.3, 0.4) is 0 Å². The lowest BCUT2D eigenvalue weighted by Gasteiger charge is -2.43. The third-order valence-corrected chi connectivity index (χ3v) is 5.22. The molecular weight excluding hydrogens is 294 g/mol. The highest BCUT2D eigenvalue weighted by Gasteiger charge is 2.49.